The highest BCUT2D eigenvalue weighted by Crippen LogP contribution is 2.26. The molecule has 29 heavy (non-hydrogen) atoms. The Morgan fingerprint density at radius 3 is 2.28 bits per heavy atom. The van der Waals surface area contributed by atoms with Crippen LogP contribution in [0, 0.1) is 18.7 Å². The molecule has 1 atom stereocenters. The molecule has 2 aliphatic rings. The van der Waals surface area contributed by atoms with E-state index in [1.165, 1.54) is 28.8 Å². The molecule has 154 valence electrons. The van der Waals surface area contributed by atoms with E-state index in [4.69, 9.17) is 0 Å². The zero-order valence-electron chi connectivity index (χ0n) is 17.3. The smallest absolute Gasteiger partial charge is 0.239 e. The summed E-state index contributed by atoms with van der Waals surface area (Å²) in [5, 5.41) is 0. The summed E-state index contributed by atoms with van der Waals surface area (Å²) in [7, 11) is 0. The Bertz CT molecular complexity index is 810. The monoisotopic (exact) mass is 394 g/mol. The Balaban J connectivity index is 1.30. The van der Waals surface area contributed by atoms with E-state index in [9.17, 15) is 9.18 Å². The number of nitrogens with zero attached hydrogens (tertiary/aromatic N) is 2. The van der Waals surface area contributed by atoms with E-state index < -0.39 is 0 Å². The average Bonchev–Trinajstić information content (AvgIpc) is 3.19. The largest absolute Gasteiger partial charge is 0.341 e. The van der Waals surface area contributed by atoms with Crippen LogP contribution in [0.2, 0.25) is 0 Å². The molecule has 3 nitrogen and oxygen atoms in total. The summed E-state index contributed by atoms with van der Waals surface area (Å²) < 4.78 is 13.1. The number of benzene rings is 2. The van der Waals surface area contributed by atoms with Gasteiger partial charge in [0.1, 0.15) is 5.82 Å². The molecular weight excluding hydrogens is 363 g/mol. The predicted molar refractivity (Wildman–Crippen MR) is 114 cm³/mol. The van der Waals surface area contributed by atoms with Gasteiger partial charge in [-0.15, -0.1) is 0 Å². The maximum atomic E-state index is 13.2. The fraction of sp³-hybridized carbons (Fsp3) is 0.480. The van der Waals surface area contributed by atoms with Crippen LogP contribution in [-0.4, -0.2) is 41.4 Å². The van der Waals surface area contributed by atoms with E-state index in [0.717, 1.165) is 58.3 Å². The van der Waals surface area contributed by atoms with Crippen LogP contribution < -0.4 is 0 Å². The SMILES string of the molecule is Cc1ccc(CN2CCC[C@H]2C(=O)N2CCC(Cc3ccc(F)cc3)CC2)cc1. The van der Waals surface area contributed by atoms with E-state index >= 15 is 0 Å². The second kappa shape index (κ2) is 9.08. The van der Waals surface area contributed by atoms with Crippen molar-refractivity contribution in [3.63, 3.8) is 0 Å². The van der Waals surface area contributed by atoms with Crippen LogP contribution in [0.25, 0.3) is 0 Å². The lowest BCUT2D eigenvalue weighted by Crippen LogP contribution is -2.48. The van der Waals surface area contributed by atoms with Gasteiger partial charge in [0.25, 0.3) is 0 Å². The number of aryl methyl sites for hydroxylation is 1. The minimum absolute atomic E-state index is 0.0324. The van der Waals surface area contributed by atoms with Crippen molar-refractivity contribution in [3.8, 4) is 0 Å². The summed E-state index contributed by atoms with van der Waals surface area (Å²) in [5.41, 5.74) is 3.75. The van der Waals surface area contributed by atoms with Crippen LogP contribution >= 0.6 is 0 Å². The summed E-state index contributed by atoms with van der Waals surface area (Å²) in [4.78, 5) is 17.6. The summed E-state index contributed by atoms with van der Waals surface area (Å²) in [6.07, 6.45) is 5.12. The van der Waals surface area contributed by atoms with E-state index in [-0.39, 0.29) is 11.9 Å². The maximum absolute atomic E-state index is 13.2. The van der Waals surface area contributed by atoms with Crippen molar-refractivity contribution >= 4 is 5.91 Å². The van der Waals surface area contributed by atoms with Crippen molar-refractivity contribution in [3.05, 3.63) is 71.0 Å². The van der Waals surface area contributed by atoms with Gasteiger partial charge in [-0.1, -0.05) is 42.0 Å². The molecule has 4 rings (SSSR count). The number of hydrogen-bond donors (Lipinski definition) is 0. The molecule has 0 unspecified atom stereocenters. The summed E-state index contributed by atoms with van der Waals surface area (Å²) in [5.74, 6) is 0.715. The first kappa shape index (κ1) is 20.1. The maximum Gasteiger partial charge on any atom is 0.239 e. The van der Waals surface area contributed by atoms with E-state index in [1.54, 1.807) is 0 Å². The molecule has 0 aromatic heterocycles. The number of carbonyl (C=O) groups is 1. The molecule has 4 heteroatoms. The van der Waals surface area contributed by atoms with Gasteiger partial charge in [-0.25, -0.2) is 4.39 Å². The minimum atomic E-state index is -0.180. The van der Waals surface area contributed by atoms with Crippen molar-refractivity contribution < 1.29 is 9.18 Å². The Labute approximate surface area is 173 Å². The average molecular weight is 395 g/mol. The lowest BCUT2D eigenvalue weighted by molar-refractivity contribution is -0.137. The molecule has 2 aliphatic heterocycles. The molecule has 1 amide bonds. The lowest BCUT2D eigenvalue weighted by Gasteiger charge is -2.35. The van der Waals surface area contributed by atoms with Gasteiger partial charge in [-0.3, -0.25) is 9.69 Å². The Kier molecular flexibility index (Phi) is 6.29. The van der Waals surface area contributed by atoms with Crippen LogP contribution in [0.3, 0.4) is 0 Å². The van der Waals surface area contributed by atoms with Crippen LogP contribution in [0.5, 0.6) is 0 Å². The summed E-state index contributed by atoms with van der Waals surface area (Å²) in [6.45, 7) is 5.66. The molecule has 2 heterocycles. The van der Waals surface area contributed by atoms with Crippen LogP contribution in [0.4, 0.5) is 4.39 Å². The first-order valence-corrected chi connectivity index (χ1v) is 10.9. The first-order chi connectivity index (χ1) is 14.1. The molecule has 0 aliphatic carbocycles. The second-order valence-electron chi connectivity index (χ2n) is 8.71. The third-order valence-electron chi connectivity index (χ3n) is 6.52. The fourth-order valence-electron chi connectivity index (χ4n) is 4.75. The highest BCUT2D eigenvalue weighted by atomic mass is 19.1. The number of likely N-dealkylation sites (tertiary alicyclic amines) is 2. The Hall–Kier alpha value is -2.20. The van der Waals surface area contributed by atoms with Crippen LogP contribution in [0.1, 0.15) is 42.4 Å². The molecule has 0 bridgehead atoms. The normalized spacial score (nSPS) is 20.9. The van der Waals surface area contributed by atoms with Crippen molar-refractivity contribution in [2.45, 2.75) is 51.6 Å². The zero-order chi connectivity index (χ0) is 20.2. The van der Waals surface area contributed by atoms with Gasteiger partial charge >= 0.3 is 0 Å². The highest BCUT2D eigenvalue weighted by Gasteiger charge is 2.35. The summed E-state index contributed by atoms with van der Waals surface area (Å²) in [6, 6.07) is 15.5. The molecule has 2 aromatic rings. The lowest BCUT2D eigenvalue weighted by atomic mass is 9.90. The topological polar surface area (TPSA) is 23.6 Å². The summed E-state index contributed by atoms with van der Waals surface area (Å²) >= 11 is 0. The molecule has 0 spiro atoms. The van der Waals surface area contributed by atoms with Crippen molar-refractivity contribution in [2.75, 3.05) is 19.6 Å². The first-order valence-electron chi connectivity index (χ1n) is 10.9. The van der Waals surface area contributed by atoms with Gasteiger partial charge in [0.2, 0.25) is 5.91 Å². The number of carbonyl (C=O) groups excluding carboxylic acids is 1. The number of amides is 1. The van der Waals surface area contributed by atoms with Gasteiger partial charge in [0.15, 0.2) is 0 Å². The van der Waals surface area contributed by atoms with Crippen molar-refractivity contribution in [1.82, 2.24) is 9.80 Å². The van der Waals surface area contributed by atoms with Crippen LogP contribution in [-0.2, 0) is 17.8 Å². The van der Waals surface area contributed by atoms with Gasteiger partial charge in [0.05, 0.1) is 6.04 Å². The minimum Gasteiger partial charge on any atom is -0.341 e. The number of piperidine rings is 1. The van der Waals surface area contributed by atoms with Gasteiger partial charge in [-0.05, 0) is 74.8 Å². The van der Waals surface area contributed by atoms with Crippen molar-refractivity contribution in [1.29, 1.82) is 0 Å². The Morgan fingerprint density at radius 1 is 0.931 bits per heavy atom. The third kappa shape index (κ3) is 5.05. The zero-order valence-corrected chi connectivity index (χ0v) is 17.3. The molecule has 0 saturated carbocycles. The predicted octanol–water partition coefficient (Wildman–Crippen LogP) is 4.58. The van der Waals surface area contributed by atoms with E-state index in [1.807, 2.05) is 12.1 Å². The quantitative estimate of drug-likeness (QED) is 0.741. The van der Waals surface area contributed by atoms with E-state index in [0.29, 0.717) is 11.8 Å². The highest BCUT2D eigenvalue weighted by molar-refractivity contribution is 5.82. The molecule has 0 N–H and O–H groups in total. The molecular formula is C25H31FN2O. The second-order valence-corrected chi connectivity index (χ2v) is 8.71. The van der Waals surface area contributed by atoms with E-state index in [2.05, 4.69) is 41.0 Å². The van der Waals surface area contributed by atoms with Gasteiger partial charge < -0.3 is 4.90 Å². The molecule has 2 saturated heterocycles. The molecule has 0 radical (unpaired) electrons. The fourth-order valence-corrected chi connectivity index (χ4v) is 4.75. The number of halogens is 1. The number of rotatable bonds is 5. The van der Waals surface area contributed by atoms with Crippen molar-refractivity contribution in [2.24, 2.45) is 5.92 Å². The Morgan fingerprint density at radius 2 is 1.59 bits per heavy atom. The third-order valence-corrected chi connectivity index (χ3v) is 6.52. The molecule has 2 aromatic carbocycles. The molecule has 2 fully saturated rings. The number of hydrogen-bond acceptors (Lipinski definition) is 2. The van der Waals surface area contributed by atoms with Crippen LogP contribution in [0.15, 0.2) is 48.5 Å². The standard InChI is InChI=1S/C25H31FN2O/c1-19-4-6-22(7-5-19)18-28-14-2-3-24(28)25(29)27-15-12-21(13-16-27)17-20-8-10-23(26)11-9-20/h4-11,21,24H,2-3,12-18H2,1H3/t24-/m0/s1. The van der Waals surface area contributed by atoms with Gasteiger partial charge in [-0.2, -0.15) is 0 Å². The van der Waals surface area contributed by atoms with Gasteiger partial charge in [0, 0.05) is 19.6 Å².